The van der Waals surface area contributed by atoms with E-state index in [1.165, 1.54) is 24.9 Å². The minimum atomic E-state index is 0.658. The van der Waals surface area contributed by atoms with Gasteiger partial charge in [-0.05, 0) is 31.7 Å². The Balaban J connectivity index is 2.18. The molecule has 18 heavy (non-hydrogen) atoms. The van der Waals surface area contributed by atoms with Crippen LogP contribution in [-0.4, -0.2) is 19.2 Å². The third-order valence-corrected chi connectivity index (χ3v) is 3.57. The van der Waals surface area contributed by atoms with Gasteiger partial charge in [0.05, 0.1) is 6.61 Å². The lowest BCUT2D eigenvalue weighted by atomic mass is 10.1. The zero-order valence-electron chi connectivity index (χ0n) is 11.5. The van der Waals surface area contributed by atoms with Crippen LogP contribution in [0, 0.1) is 0 Å². The molecule has 1 aliphatic rings. The number of ether oxygens (including phenoxy) is 1. The first kappa shape index (κ1) is 13.1. The van der Waals surface area contributed by atoms with Crippen molar-refractivity contribution in [2.45, 2.75) is 45.6 Å². The third-order valence-electron chi connectivity index (χ3n) is 3.57. The van der Waals surface area contributed by atoms with Crippen molar-refractivity contribution >= 4 is 11.4 Å². The van der Waals surface area contributed by atoms with Gasteiger partial charge in [-0.1, -0.05) is 13.8 Å². The summed E-state index contributed by atoms with van der Waals surface area (Å²) in [5.41, 5.74) is 7.98. The average Bonchev–Trinajstić information content (AvgIpc) is 2.84. The first-order chi connectivity index (χ1) is 8.74. The quantitative estimate of drug-likeness (QED) is 0.811. The fourth-order valence-electron chi connectivity index (χ4n) is 2.67. The highest BCUT2D eigenvalue weighted by Crippen LogP contribution is 2.32. The van der Waals surface area contributed by atoms with Gasteiger partial charge in [-0.2, -0.15) is 0 Å². The lowest BCUT2D eigenvalue weighted by molar-refractivity contribution is 0.317. The maximum Gasteiger partial charge on any atom is 0.123 e. The lowest BCUT2D eigenvalue weighted by Crippen LogP contribution is -2.28. The highest BCUT2D eigenvalue weighted by molar-refractivity contribution is 5.61. The molecule has 0 aliphatic carbocycles. The molecule has 0 radical (unpaired) electrons. The number of hydrogen-bond donors (Lipinski definition) is 1. The molecule has 1 heterocycles. The summed E-state index contributed by atoms with van der Waals surface area (Å²) in [7, 11) is 0. The number of benzene rings is 1. The third kappa shape index (κ3) is 2.89. The van der Waals surface area contributed by atoms with Crippen molar-refractivity contribution in [3.8, 4) is 5.75 Å². The topological polar surface area (TPSA) is 38.5 Å². The molecular formula is C15H24N2O. The van der Waals surface area contributed by atoms with Crippen molar-refractivity contribution in [1.29, 1.82) is 0 Å². The predicted molar refractivity (Wildman–Crippen MR) is 77.3 cm³/mol. The highest BCUT2D eigenvalue weighted by Gasteiger charge is 2.23. The SMILES string of the molecule is CCCOc1cc(N)cc(N2CCCC2CC)c1. The smallest absolute Gasteiger partial charge is 0.123 e. The molecule has 1 atom stereocenters. The monoisotopic (exact) mass is 248 g/mol. The molecule has 2 rings (SSSR count). The number of nitrogens with two attached hydrogens (primary N) is 1. The van der Waals surface area contributed by atoms with Gasteiger partial charge in [-0.15, -0.1) is 0 Å². The molecule has 100 valence electrons. The fourth-order valence-corrected chi connectivity index (χ4v) is 2.67. The van der Waals surface area contributed by atoms with Crippen LogP contribution in [0.4, 0.5) is 11.4 Å². The summed E-state index contributed by atoms with van der Waals surface area (Å²) in [6.07, 6.45) is 4.78. The first-order valence-electron chi connectivity index (χ1n) is 7.04. The van der Waals surface area contributed by atoms with E-state index >= 15 is 0 Å². The fraction of sp³-hybridized carbons (Fsp3) is 0.600. The second kappa shape index (κ2) is 5.98. The van der Waals surface area contributed by atoms with Crippen molar-refractivity contribution in [3.63, 3.8) is 0 Å². The van der Waals surface area contributed by atoms with Crippen LogP contribution in [-0.2, 0) is 0 Å². The van der Waals surface area contributed by atoms with E-state index in [0.717, 1.165) is 31.0 Å². The minimum Gasteiger partial charge on any atom is -0.493 e. The Labute approximate surface area is 110 Å². The van der Waals surface area contributed by atoms with Crippen molar-refractivity contribution in [2.75, 3.05) is 23.8 Å². The summed E-state index contributed by atoms with van der Waals surface area (Å²) in [6.45, 7) is 6.25. The summed E-state index contributed by atoms with van der Waals surface area (Å²) in [6, 6.07) is 6.76. The van der Waals surface area contributed by atoms with Crippen molar-refractivity contribution in [3.05, 3.63) is 18.2 Å². The van der Waals surface area contributed by atoms with Gasteiger partial charge < -0.3 is 15.4 Å². The van der Waals surface area contributed by atoms with Gasteiger partial charge in [0.25, 0.3) is 0 Å². The number of nitrogen functional groups attached to an aromatic ring is 1. The molecule has 1 aromatic rings. The van der Waals surface area contributed by atoms with E-state index in [1.54, 1.807) is 0 Å². The van der Waals surface area contributed by atoms with E-state index in [0.29, 0.717) is 6.04 Å². The Morgan fingerprint density at radius 1 is 1.33 bits per heavy atom. The number of nitrogens with zero attached hydrogens (tertiary/aromatic N) is 1. The number of rotatable bonds is 5. The summed E-state index contributed by atoms with van der Waals surface area (Å²) in [5.74, 6) is 0.897. The average molecular weight is 248 g/mol. The standard InChI is InChI=1S/C15H24N2O/c1-3-8-18-15-10-12(16)9-14(11-15)17-7-5-6-13(17)4-2/h9-11,13H,3-8,16H2,1-2H3. The van der Waals surface area contributed by atoms with Crippen LogP contribution in [0.1, 0.15) is 39.5 Å². The van der Waals surface area contributed by atoms with Gasteiger partial charge in [-0.3, -0.25) is 0 Å². The predicted octanol–water partition coefficient (Wildman–Crippen LogP) is 3.44. The first-order valence-corrected chi connectivity index (χ1v) is 7.04. The Morgan fingerprint density at radius 3 is 2.89 bits per heavy atom. The molecule has 1 saturated heterocycles. The van der Waals surface area contributed by atoms with E-state index in [1.807, 2.05) is 6.07 Å². The Kier molecular flexibility index (Phi) is 4.34. The summed E-state index contributed by atoms with van der Waals surface area (Å²) < 4.78 is 5.70. The Morgan fingerprint density at radius 2 is 2.17 bits per heavy atom. The molecule has 0 amide bonds. The molecule has 3 heteroatoms. The minimum absolute atomic E-state index is 0.658. The lowest BCUT2D eigenvalue weighted by Gasteiger charge is -2.26. The van der Waals surface area contributed by atoms with Crippen LogP contribution in [0.2, 0.25) is 0 Å². The van der Waals surface area contributed by atoms with Crippen LogP contribution >= 0.6 is 0 Å². The zero-order chi connectivity index (χ0) is 13.0. The molecule has 0 spiro atoms. The molecule has 1 aromatic carbocycles. The largest absolute Gasteiger partial charge is 0.493 e. The van der Waals surface area contributed by atoms with Crippen LogP contribution in [0.5, 0.6) is 5.75 Å². The van der Waals surface area contributed by atoms with Crippen LogP contribution in [0.3, 0.4) is 0 Å². The normalized spacial score (nSPS) is 19.2. The van der Waals surface area contributed by atoms with Gasteiger partial charge in [0, 0.05) is 36.1 Å². The molecule has 1 unspecified atom stereocenters. The van der Waals surface area contributed by atoms with Crippen molar-refractivity contribution in [2.24, 2.45) is 0 Å². The van der Waals surface area contributed by atoms with Gasteiger partial charge in [-0.25, -0.2) is 0 Å². The van der Waals surface area contributed by atoms with E-state index < -0.39 is 0 Å². The number of anilines is 2. The van der Waals surface area contributed by atoms with Gasteiger partial charge >= 0.3 is 0 Å². The van der Waals surface area contributed by atoms with Crippen LogP contribution < -0.4 is 15.4 Å². The molecule has 0 saturated carbocycles. The maximum absolute atomic E-state index is 5.98. The Hall–Kier alpha value is -1.38. The molecule has 0 aromatic heterocycles. The maximum atomic E-state index is 5.98. The van der Waals surface area contributed by atoms with E-state index in [-0.39, 0.29) is 0 Å². The van der Waals surface area contributed by atoms with Crippen LogP contribution in [0.15, 0.2) is 18.2 Å². The summed E-state index contributed by atoms with van der Waals surface area (Å²) >= 11 is 0. The Bertz CT molecular complexity index is 392. The zero-order valence-corrected chi connectivity index (χ0v) is 11.5. The van der Waals surface area contributed by atoms with Gasteiger partial charge in [0.1, 0.15) is 5.75 Å². The molecule has 1 aliphatic heterocycles. The highest BCUT2D eigenvalue weighted by atomic mass is 16.5. The van der Waals surface area contributed by atoms with Gasteiger partial charge in [0.2, 0.25) is 0 Å². The van der Waals surface area contributed by atoms with E-state index in [9.17, 15) is 0 Å². The van der Waals surface area contributed by atoms with Crippen molar-refractivity contribution in [1.82, 2.24) is 0 Å². The van der Waals surface area contributed by atoms with Gasteiger partial charge in [0.15, 0.2) is 0 Å². The second-order valence-corrected chi connectivity index (χ2v) is 5.01. The molecule has 1 fully saturated rings. The molecule has 2 N–H and O–H groups in total. The molecular weight excluding hydrogens is 224 g/mol. The van der Waals surface area contributed by atoms with E-state index in [2.05, 4.69) is 30.9 Å². The second-order valence-electron chi connectivity index (χ2n) is 5.01. The van der Waals surface area contributed by atoms with E-state index in [4.69, 9.17) is 10.5 Å². The summed E-state index contributed by atoms with van der Waals surface area (Å²) in [5, 5.41) is 0. The summed E-state index contributed by atoms with van der Waals surface area (Å²) in [4.78, 5) is 2.47. The number of hydrogen-bond acceptors (Lipinski definition) is 3. The molecule has 3 nitrogen and oxygen atoms in total. The van der Waals surface area contributed by atoms with Crippen molar-refractivity contribution < 1.29 is 4.74 Å². The molecule has 0 bridgehead atoms. The van der Waals surface area contributed by atoms with Crippen LogP contribution in [0.25, 0.3) is 0 Å².